The molecule has 7 aliphatic rings. The van der Waals surface area contributed by atoms with Gasteiger partial charge in [0.1, 0.15) is 24.2 Å². The van der Waals surface area contributed by atoms with Crippen molar-refractivity contribution < 1.29 is 152 Å². The van der Waals surface area contributed by atoms with Crippen LogP contribution in [0.15, 0.2) is 0 Å². The lowest BCUT2D eigenvalue weighted by atomic mass is 9.78. The predicted molar refractivity (Wildman–Crippen MR) is 579 cm³/mol. The molecule has 7 fully saturated rings. The second-order valence-corrected chi connectivity index (χ2v) is 43.3. The number of carboxylic acid groups (broad SMARTS) is 4. The summed E-state index contributed by atoms with van der Waals surface area (Å²) in [6.45, 7) is 14.5. The van der Waals surface area contributed by atoms with Crippen molar-refractivity contribution in [3.8, 4) is 0 Å². The summed E-state index contributed by atoms with van der Waals surface area (Å²) in [5, 5.41) is 136. The molecular weight excluding hydrogens is 2150 g/mol. The number of nitrogens with one attached hydrogen (secondary N) is 10. The van der Waals surface area contributed by atoms with Gasteiger partial charge in [0.25, 0.3) is 40.8 Å². The number of hydrogen-bond acceptors (Lipinski definition) is 36. The molecule has 36 N–H and O–H groups in total. The molecule has 0 radical (unpaired) electrons. The molecule has 0 spiro atoms. The maximum Gasteiger partial charge on any atom is 0.451 e. The molecule has 0 unspecified atom stereocenters. The Morgan fingerprint density at radius 2 is 0.600 bits per heavy atom. The fraction of sp³-hybridized carbons (Fsp3) is 0.836. The number of hydrogen-bond donors (Lipinski definition) is 29. The average molecular weight is 2310 g/mol. The van der Waals surface area contributed by atoms with E-state index in [9.17, 15) is 132 Å². The Labute approximate surface area is 904 Å². The molecule has 8 amide bonds. The summed E-state index contributed by atoms with van der Waals surface area (Å²) in [5.74, 6) is -14.9. The van der Waals surface area contributed by atoms with Gasteiger partial charge in [-0.1, -0.05) is 46.5 Å². The number of aliphatic carboxylic acids is 4. The van der Waals surface area contributed by atoms with Crippen LogP contribution >= 0.6 is 108 Å². The standard InChI is InChI=1S/2C19H37BN6O8S.C18H37BN6O8S.C17H33BN6O8S.8H2S/c2*1-4-26(15-8-14(15)22)35(33,34)25-9-13(6-5-7-20(31)32)19(10-25,18(29)30)24-17(28)12(3)23-16(27)11(2)21;1-4-24(9-8-20)34(32,33)25-10-14(6-5-7-19(30)31)18(11-25,17(28)29)23-16(27)13(3)22-15(26)12(2)21;1-10(19)14(25)21-11(2)15(26)22-17(16(27)28)9-24(8-12(17)4-3-5-18(29)30)33(31,32)23-13-6-20-7-13;;;;;;;;/h2*11-15,31-32H,4-10,21-22H2,1-3H3,(H,23,27)(H,24,28)(H,29,30);12-14,30-31H,4-11,20-21H2,1-3H3,(H,22,26)(H,23,27)(H,28,29);10-13,20,23,29-30H,3-9,19H2,1-2H3,(H,21,25)(H,22,26)(H,27,28);8*1H2/t11-,12-,13-,14+,15+,19-;11-,12-,13-,14-,15-,19-;12-,13-,14-,18-;10-,11-,12-,17-;;;;;;;;/m0000......../s1. The lowest BCUT2D eigenvalue weighted by Crippen LogP contribution is -2.64. The number of amides is 8. The molecule has 0 bridgehead atoms. The second-order valence-electron chi connectivity index (χ2n) is 35.9. The van der Waals surface area contributed by atoms with Gasteiger partial charge in [0, 0.05) is 152 Å². The minimum atomic E-state index is -4.10. The van der Waals surface area contributed by atoms with Gasteiger partial charge >= 0.3 is 52.4 Å². The Balaban J connectivity index is -0.000000590. The molecule has 848 valence electrons. The van der Waals surface area contributed by atoms with Crippen molar-refractivity contribution in [2.24, 2.45) is 63.8 Å². The molecule has 2 aliphatic carbocycles. The van der Waals surface area contributed by atoms with Crippen molar-refractivity contribution in [1.29, 1.82) is 0 Å². The van der Waals surface area contributed by atoms with Gasteiger partial charge < -0.3 is 149 Å². The maximum absolute atomic E-state index is 13.4. The van der Waals surface area contributed by atoms with Crippen molar-refractivity contribution in [3.05, 3.63) is 0 Å². The van der Waals surface area contributed by atoms with Crippen LogP contribution in [0.25, 0.3) is 0 Å². The highest BCUT2D eigenvalue weighted by Gasteiger charge is 2.63. The summed E-state index contributed by atoms with van der Waals surface area (Å²) in [4.78, 5) is 149. The van der Waals surface area contributed by atoms with Crippen LogP contribution in [0.2, 0.25) is 25.3 Å². The number of nitrogens with two attached hydrogens (primary N) is 7. The molecule has 56 nitrogen and oxygen atoms in total. The third kappa shape index (κ3) is 41.1. The Morgan fingerprint density at radius 3 is 0.779 bits per heavy atom. The molecule has 5 heterocycles. The van der Waals surface area contributed by atoms with Crippen LogP contribution in [0.3, 0.4) is 0 Å². The zero-order valence-corrected chi connectivity index (χ0v) is 94.2. The lowest BCUT2D eigenvalue weighted by molar-refractivity contribution is -0.149. The Hall–Kier alpha value is -4.46. The van der Waals surface area contributed by atoms with E-state index in [0.717, 1.165) is 21.5 Å². The van der Waals surface area contributed by atoms with Crippen LogP contribution in [0.4, 0.5) is 0 Å². The van der Waals surface area contributed by atoms with Crippen LogP contribution in [-0.4, -0.2) is 423 Å². The number of likely N-dealkylation sites (N-methyl/N-ethyl adjacent to an activating group) is 3. The Morgan fingerprint density at radius 1 is 0.379 bits per heavy atom. The minimum Gasteiger partial charge on any atom is -0.479 e. The molecule has 20 atom stereocenters. The van der Waals surface area contributed by atoms with E-state index in [0.29, 0.717) is 25.9 Å². The van der Waals surface area contributed by atoms with E-state index >= 15 is 0 Å². The smallest absolute Gasteiger partial charge is 0.451 e. The van der Waals surface area contributed by atoms with E-state index in [2.05, 4.69) is 52.6 Å². The first-order chi connectivity index (χ1) is 63.3. The van der Waals surface area contributed by atoms with Crippen molar-refractivity contribution >= 4 is 248 Å². The molecule has 7 rings (SSSR count). The SMILES string of the molecule is CCN(CCN)S(=O)(=O)N1C[C@H](CCCB(O)O)[C@](NC(=O)[C@H](C)NC(=O)[C@H](C)N)(C(=O)O)C1.CCN([C@@H]1C[C@H]1N)S(=O)(=O)N1C[C@H](CCCB(O)O)[C@](NC(=O)[C@H](C)NC(=O)[C@H](C)N)(C(=O)O)C1.CCN([C@H]1C[C@@H]1N)S(=O)(=O)N1C[C@H](CCCB(O)O)[C@](NC(=O)[C@H](C)NC(=O)[C@H](C)N)(C(=O)O)C1.C[C@H](N)C(=O)N[C@@H](C)C(=O)N[C@@]1(C(=O)O)CN(S(=O)(=O)NC2CNC2)C[C@@H]1CCCB(O)O.S.S.S.S.S.S.S.S. The molecule has 5 aliphatic heterocycles. The van der Waals surface area contributed by atoms with Crippen LogP contribution in [0.1, 0.15) is 140 Å². The highest BCUT2D eigenvalue weighted by molar-refractivity contribution is 7.87. The third-order valence-corrected chi connectivity index (χ3v) is 32.6. The van der Waals surface area contributed by atoms with Crippen LogP contribution in [0.5, 0.6) is 0 Å². The third-order valence-electron chi connectivity index (χ3n) is 24.9. The molecule has 72 heteroatoms. The molecule has 0 aromatic heterocycles. The maximum atomic E-state index is 13.4. The minimum absolute atomic E-state index is 0. The zero-order chi connectivity index (χ0) is 105. The zero-order valence-electron chi connectivity index (χ0n) is 83.0. The summed E-state index contributed by atoms with van der Waals surface area (Å²) < 4.78 is 116. The summed E-state index contributed by atoms with van der Waals surface area (Å²) in [6.07, 6.45) is 1.95. The summed E-state index contributed by atoms with van der Waals surface area (Å²) in [6, 6.07) is -9.75. The number of carboxylic acids is 4. The second kappa shape index (κ2) is 65.3. The van der Waals surface area contributed by atoms with Gasteiger partial charge in [0.15, 0.2) is 22.2 Å². The lowest BCUT2D eigenvalue weighted by Gasteiger charge is -2.33. The molecule has 2 saturated carbocycles. The summed E-state index contributed by atoms with van der Waals surface area (Å²) in [7, 11) is -22.7. The molecular formula is C73H160B4N24O32S12. The van der Waals surface area contributed by atoms with Crippen LogP contribution < -0.4 is 92.7 Å². The monoisotopic (exact) mass is 2310 g/mol. The highest BCUT2D eigenvalue weighted by Crippen LogP contribution is 2.42. The van der Waals surface area contributed by atoms with Gasteiger partial charge in [-0.05, 0) is 119 Å². The molecule has 145 heavy (non-hydrogen) atoms. The Bertz CT molecular complexity index is 4490. The summed E-state index contributed by atoms with van der Waals surface area (Å²) >= 11 is 0. The first-order valence-electron chi connectivity index (χ1n) is 45.2. The number of rotatable bonds is 52. The van der Waals surface area contributed by atoms with Crippen molar-refractivity contribution in [1.82, 2.24) is 82.7 Å². The van der Waals surface area contributed by atoms with Crippen molar-refractivity contribution in [3.63, 3.8) is 0 Å². The van der Waals surface area contributed by atoms with Gasteiger partial charge in [-0.3, -0.25) is 38.4 Å². The number of nitrogens with zero attached hydrogens (tertiary/aromatic N) is 7. The van der Waals surface area contributed by atoms with E-state index in [1.807, 2.05) is 0 Å². The average Bonchev–Trinajstić information content (AvgIpc) is 1.12. The number of carbonyl (C=O) groups excluding carboxylic acids is 8. The topological polar surface area (TPSA) is 909 Å². The molecule has 5 saturated heterocycles. The van der Waals surface area contributed by atoms with Crippen LogP contribution in [0, 0.1) is 23.7 Å². The first kappa shape index (κ1) is 149. The normalized spacial score (nSPS) is 24.9. The highest BCUT2D eigenvalue weighted by atomic mass is 32.2. The van der Waals surface area contributed by atoms with Gasteiger partial charge in [-0.2, -0.15) is 176 Å². The van der Waals surface area contributed by atoms with Crippen molar-refractivity contribution in [2.45, 2.75) is 266 Å². The largest absolute Gasteiger partial charge is 0.479 e. The van der Waals surface area contributed by atoms with E-state index < -0.39 is 261 Å². The first-order valence-corrected chi connectivity index (χ1v) is 50.9. The summed E-state index contributed by atoms with van der Waals surface area (Å²) in [5.41, 5.74) is 31.2. The predicted octanol–water partition coefficient (Wildman–Crippen LogP) is -13.6. The molecule has 0 aromatic carbocycles. The van der Waals surface area contributed by atoms with Gasteiger partial charge in [0.05, 0.1) is 24.2 Å². The quantitative estimate of drug-likeness (QED) is 0.0252. The number of carbonyl (C=O) groups is 12. The van der Waals surface area contributed by atoms with E-state index in [4.69, 9.17) is 60.2 Å². The fourth-order valence-corrected chi connectivity index (χ4v) is 23.4. The van der Waals surface area contributed by atoms with E-state index in [1.165, 1.54) is 64.0 Å². The van der Waals surface area contributed by atoms with Crippen LogP contribution in [-0.2, 0) is 98.4 Å². The fourth-order valence-electron chi connectivity index (χ4n) is 16.3. The van der Waals surface area contributed by atoms with Crippen molar-refractivity contribution in [2.75, 3.05) is 98.2 Å². The molecule has 0 aromatic rings. The van der Waals surface area contributed by atoms with E-state index in [-0.39, 0.29) is 274 Å². The van der Waals surface area contributed by atoms with Gasteiger partial charge in [-0.25, -0.2) is 19.2 Å². The van der Waals surface area contributed by atoms with E-state index in [1.54, 1.807) is 20.8 Å². The van der Waals surface area contributed by atoms with Gasteiger partial charge in [0.2, 0.25) is 47.3 Å². The van der Waals surface area contributed by atoms with Gasteiger partial charge in [-0.15, -0.1) is 0 Å². The Kier molecular flexibility index (Phi) is 67.1.